The Bertz CT molecular complexity index is 168. The standard InChI is InChI=1S/C9H18OSi/c1-6-7-9(8(2)10)11(3,4)5/h8-10H,1-5H3/t8-,9-/m0/s1. The van der Waals surface area contributed by atoms with Crippen LogP contribution in [0.3, 0.4) is 0 Å². The van der Waals surface area contributed by atoms with Crippen LogP contribution in [0.1, 0.15) is 13.8 Å². The molecule has 2 atom stereocenters. The monoisotopic (exact) mass is 170 g/mol. The number of hydrogen-bond donors (Lipinski definition) is 1. The molecule has 64 valence electrons. The van der Waals surface area contributed by atoms with Gasteiger partial charge in [0.1, 0.15) is 0 Å². The predicted molar refractivity (Wildman–Crippen MR) is 52.2 cm³/mol. The van der Waals surface area contributed by atoms with Gasteiger partial charge in [-0.1, -0.05) is 19.6 Å². The lowest BCUT2D eigenvalue weighted by Crippen LogP contribution is -2.33. The lowest BCUT2D eigenvalue weighted by molar-refractivity contribution is 0.198. The number of rotatable bonds is 2. The van der Waals surface area contributed by atoms with E-state index in [0.29, 0.717) is 0 Å². The molecule has 0 radical (unpaired) electrons. The molecule has 0 aromatic heterocycles. The van der Waals surface area contributed by atoms with Gasteiger partial charge in [0.15, 0.2) is 0 Å². The Balaban J connectivity index is 4.44. The summed E-state index contributed by atoms with van der Waals surface area (Å²) in [6.07, 6.45) is -0.283. The molecule has 0 aliphatic carbocycles. The quantitative estimate of drug-likeness (QED) is 0.497. The van der Waals surface area contributed by atoms with Gasteiger partial charge >= 0.3 is 0 Å². The smallest absolute Gasteiger partial charge is 0.0646 e. The first kappa shape index (κ1) is 10.7. The molecular weight excluding hydrogens is 152 g/mol. The van der Waals surface area contributed by atoms with E-state index >= 15 is 0 Å². The summed E-state index contributed by atoms with van der Waals surface area (Å²) < 4.78 is 0. The molecule has 0 bridgehead atoms. The third-order valence-electron chi connectivity index (χ3n) is 1.72. The van der Waals surface area contributed by atoms with Crippen LogP contribution in [0.25, 0.3) is 0 Å². The van der Waals surface area contributed by atoms with E-state index in [-0.39, 0.29) is 11.6 Å². The van der Waals surface area contributed by atoms with Crippen LogP contribution in [0, 0.1) is 11.8 Å². The minimum atomic E-state index is -1.29. The summed E-state index contributed by atoms with van der Waals surface area (Å²) in [5.74, 6) is 5.96. The SMILES string of the molecule is CC#C[C@@H]([C@H](C)O)[Si](C)(C)C. The molecule has 2 heteroatoms. The Labute approximate surface area is 70.8 Å². The summed E-state index contributed by atoms with van der Waals surface area (Å²) in [6, 6.07) is 0. The molecule has 0 fully saturated rings. The van der Waals surface area contributed by atoms with Gasteiger partial charge in [-0.2, -0.15) is 0 Å². The van der Waals surface area contributed by atoms with Gasteiger partial charge in [-0.05, 0) is 13.8 Å². The van der Waals surface area contributed by atoms with Crippen LogP contribution < -0.4 is 0 Å². The van der Waals surface area contributed by atoms with Crippen LogP contribution >= 0.6 is 0 Å². The van der Waals surface area contributed by atoms with Gasteiger partial charge in [0.05, 0.1) is 14.2 Å². The van der Waals surface area contributed by atoms with E-state index in [1.54, 1.807) is 0 Å². The first-order valence-electron chi connectivity index (χ1n) is 4.00. The molecule has 1 nitrogen and oxygen atoms in total. The zero-order valence-electron chi connectivity index (χ0n) is 8.10. The molecule has 0 saturated heterocycles. The number of hydrogen-bond acceptors (Lipinski definition) is 1. The van der Waals surface area contributed by atoms with Crippen molar-refractivity contribution in [1.82, 2.24) is 0 Å². The van der Waals surface area contributed by atoms with E-state index < -0.39 is 8.07 Å². The summed E-state index contributed by atoms with van der Waals surface area (Å²) in [6.45, 7) is 10.3. The molecule has 0 heterocycles. The van der Waals surface area contributed by atoms with E-state index in [1.165, 1.54) is 0 Å². The van der Waals surface area contributed by atoms with Crippen LogP contribution in [0.4, 0.5) is 0 Å². The molecule has 11 heavy (non-hydrogen) atoms. The van der Waals surface area contributed by atoms with Crippen molar-refractivity contribution in [3.63, 3.8) is 0 Å². The first-order chi connectivity index (χ1) is 4.89. The largest absolute Gasteiger partial charge is 0.392 e. The van der Waals surface area contributed by atoms with Crippen molar-refractivity contribution in [2.75, 3.05) is 0 Å². The topological polar surface area (TPSA) is 20.2 Å². The van der Waals surface area contributed by atoms with E-state index in [1.807, 2.05) is 13.8 Å². The van der Waals surface area contributed by atoms with Gasteiger partial charge in [-0.3, -0.25) is 0 Å². The zero-order valence-corrected chi connectivity index (χ0v) is 9.10. The Kier molecular flexibility index (Phi) is 3.84. The highest BCUT2D eigenvalue weighted by Gasteiger charge is 2.28. The molecule has 0 rings (SSSR count). The van der Waals surface area contributed by atoms with E-state index in [2.05, 4.69) is 31.5 Å². The van der Waals surface area contributed by atoms with Crippen LogP contribution in [0.5, 0.6) is 0 Å². The summed E-state index contributed by atoms with van der Waals surface area (Å²) in [5.41, 5.74) is 0.215. The van der Waals surface area contributed by atoms with Crippen LogP contribution in [0.2, 0.25) is 25.2 Å². The highest BCUT2D eigenvalue weighted by atomic mass is 28.3. The average Bonchev–Trinajstić information content (AvgIpc) is 1.79. The fourth-order valence-corrected chi connectivity index (χ4v) is 3.24. The second kappa shape index (κ2) is 3.94. The fourth-order valence-electron chi connectivity index (χ4n) is 1.22. The molecule has 0 aromatic rings. The Morgan fingerprint density at radius 1 is 1.27 bits per heavy atom. The maximum absolute atomic E-state index is 9.41. The molecule has 0 aliphatic rings. The summed E-state index contributed by atoms with van der Waals surface area (Å²) in [5, 5.41) is 9.41. The maximum atomic E-state index is 9.41. The van der Waals surface area contributed by atoms with Gasteiger partial charge in [-0.15, -0.1) is 11.8 Å². The molecule has 0 aliphatic heterocycles. The molecule has 0 aromatic carbocycles. The van der Waals surface area contributed by atoms with Crippen LogP contribution in [0.15, 0.2) is 0 Å². The molecule has 0 spiro atoms. The van der Waals surface area contributed by atoms with Crippen molar-refractivity contribution in [1.29, 1.82) is 0 Å². The van der Waals surface area contributed by atoms with Gasteiger partial charge in [-0.25, -0.2) is 0 Å². The Hall–Kier alpha value is -0.263. The van der Waals surface area contributed by atoms with Gasteiger partial charge in [0.2, 0.25) is 0 Å². The highest BCUT2D eigenvalue weighted by molar-refractivity contribution is 6.78. The molecular formula is C9H18OSi. The van der Waals surface area contributed by atoms with Crippen molar-refractivity contribution in [3.05, 3.63) is 0 Å². The maximum Gasteiger partial charge on any atom is 0.0646 e. The summed E-state index contributed by atoms with van der Waals surface area (Å²) in [4.78, 5) is 0. The zero-order chi connectivity index (χ0) is 9.07. The highest BCUT2D eigenvalue weighted by Crippen LogP contribution is 2.24. The van der Waals surface area contributed by atoms with Crippen LogP contribution in [-0.2, 0) is 0 Å². The predicted octanol–water partition coefficient (Wildman–Crippen LogP) is 2.10. The summed E-state index contributed by atoms with van der Waals surface area (Å²) in [7, 11) is -1.29. The van der Waals surface area contributed by atoms with Crippen molar-refractivity contribution in [3.8, 4) is 11.8 Å². The van der Waals surface area contributed by atoms with Crippen LogP contribution in [-0.4, -0.2) is 19.3 Å². The van der Waals surface area contributed by atoms with E-state index in [9.17, 15) is 5.11 Å². The van der Waals surface area contributed by atoms with Crippen molar-refractivity contribution in [2.24, 2.45) is 0 Å². The van der Waals surface area contributed by atoms with Crippen molar-refractivity contribution in [2.45, 2.75) is 45.1 Å². The molecule has 0 amide bonds. The van der Waals surface area contributed by atoms with Crippen molar-refractivity contribution >= 4 is 8.07 Å². The van der Waals surface area contributed by atoms with Crippen molar-refractivity contribution < 1.29 is 5.11 Å². The normalized spacial score (nSPS) is 16.5. The van der Waals surface area contributed by atoms with E-state index in [4.69, 9.17) is 0 Å². The average molecular weight is 170 g/mol. The first-order valence-corrected chi connectivity index (χ1v) is 7.57. The second-order valence-corrected chi connectivity index (χ2v) is 9.33. The Morgan fingerprint density at radius 3 is 1.82 bits per heavy atom. The minimum absolute atomic E-state index is 0.215. The fraction of sp³-hybridized carbons (Fsp3) is 0.778. The minimum Gasteiger partial charge on any atom is -0.392 e. The lowest BCUT2D eigenvalue weighted by atomic mass is 10.3. The number of aliphatic hydroxyl groups is 1. The number of aliphatic hydroxyl groups excluding tert-OH is 1. The lowest BCUT2D eigenvalue weighted by Gasteiger charge is -2.26. The molecule has 0 saturated carbocycles. The second-order valence-electron chi connectivity index (χ2n) is 3.98. The van der Waals surface area contributed by atoms with Gasteiger partial charge < -0.3 is 5.11 Å². The third-order valence-corrected chi connectivity index (χ3v) is 4.21. The molecule has 1 N–H and O–H groups in total. The Morgan fingerprint density at radius 2 is 1.73 bits per heavy atom. The molecule has 0 unspecified atom stereocenters. The van der Waals surface area contributed by atoms with Gasteiger partial charge in [0, 0.05) is 5.54 Å². The summed E-state index contributed by atoms with van der Waals surface area (Å²) >= 11 is 0. The third kappa shape index (κ3) is 3.59. The van der Waals surface area contributed by atoms with E-state index in [0.717, 1.165) is 0 Å². The van der Waals surface area contributed by atoms with Gasteiger partial charge in [0.25, 0.3) is 0 Å².